The number of carbonyl (C=O) groups excluding carboxylic acids is 3. The molecule has 1 aromatic rings. The van der Waals surface area contributed by atoms with Gasteiger partial charge in [-0.2, -0.15) is 0 Å². The highest BCUT2D eigenvalue weighted by Crippen LogP contribution is 2.10. The van der Waals surface area contributed by atoms with Crippen LogP contribution in [0.3, 0.4) is 0 Å². The van der Waals surface area contributed by atoms with E-state index >= 15 is 0 Å². The molecule has 1 fully saturated rings. The zero-order chi connectivity index (χ0) is 18.4. The summed E-state index contributed by atoms with van der Waals surface area (Å²) in [4.78, 5) is 46.9. The van der Waals surface area contributed by atoms with Crippen LogP contribution in [0, 0.1) is 0 Å². The van der Waals surface area contributed by atoms with Crippen molar-refractivity contribution in [1.82, 2.24) is 15.5 Å². The normalized spacial score (nSPS) is 16.1. The number of amides is 2. The molecule has 1 heterocycles. The van der Waals surface area contributed by atoms with E-state index in [2.05, 4.69) is 15.4 Å². The van der Waals surface area contributed by atoms with Gasteiger partial charge < -0.3 is 9.74 Å². The molecule has 1 saturated heterocycles. The number of likely N-dealkylation sites (N-methyl/N-ethyl adjacent to an activating group) is 1. The molecule has 2 amide bonds. The summed E-state index contributed by atoms with van der Waals surface area (Å²) in [5.41, 5.74) is 2.67. The first-order chi connectivity index (χ1) is 12.0. The van der Waals surface area contributed by atoms with Crippen molar-refractivity contribution in [2.75, 3.05) is 20.1 Å². The van der Waals surface area contributed by atoms with Gasteiger partial charge in [0.25, 0.3) is 11.8 Å². The van der Waals surface area contributed by atoms with Gasteiger partial charge in [-0.1, -0.05) is 23.8 Å². The lowest BCUT2D eigenvalue weighted by atomic mass is 10.2. The molecule has 0 aromatic heterocycles. The zero-order valence-corrected chi connectivity index (χ0v) is 14.4. The predicted octanol–water partition coefficient (Wildman–Crippen LogP) is 0.928. The van der Waals surface area contributed by atoms with E-state index in [1.54, 1.807) is 37.4 Å². The molecule has 0 unspecified atom stereocenters. The maximum Gasteiger partial charge on any atom is 0.376 e. The average molecular weight is 344 g/mol. The Labute approximate surface area is 145 Å². The van der Waals surface area contributed by atoms with E-state index in [1.807, 2.05) is 13.8 Å². The van der Waals surface area contributed by atoms with Crippen LogP contribution in [0.25, 0.3) is 0 Å². The van der Waals surface area contributed by atoms with E-state index in [4.69, 9.17) is 0 Å². The van der Waals surface area contributed by atoms with Crippen molar-refractivity contribution in [3.05, 3.63) is 47.7 Å². The Balaban J connectivity index is 2.43. The van der Waals surface area contributed by atoms with E-state index in [0.717, 1.165) is 0 Å². The SMILES string of the molecule is CCN(CC)C(=O)C(/C=C1/C(=O)ONN1C)=NC(=O)c1ccccc1. The number of hydrogen-bond acceptors (Lipinski definition) is 6. The van der Waals surface area contributed by atoms with Gasteiger partial charge in [0.2, 0.25) is 0 Å². The Bertz CT molecular complexity index is 723. The van der Waals surface area contributed by atoms with Crippen LogP contribution >= 0.6 is 0 Å². The largest absolute Gasteiger partial charge is 0.376 e. The highest BCUT2D eigenvalue weighted by Gasteiger charge is 2.27. The molecule has 8 nitrogen and oxygen atoms in total. The van der Waals surface area contributed by atoms with Gasteiger partial charge in [0.15, 0.2) is 0 Å². The first-order valence-electron chi connectivity index (χ1n) is 7.87. The van der Waals surface area contributed by atoms with Crippen LogP contribution in [0.15, 0.2) is 47.1 Å². The van der Waals surface area contributed by atoms with Gasteiger partial charge >= 0.3 is 5.97 Å². The third-order valence-corrected chi connectivity index (χ3v) is 3.63. The number of benzene rings is 1. The summed E-state index contributed by atoms with van der Waals surface area (Å²) in [6.07, 6.45) is 1.25. The molecule has 1 N–H and O–H groups in total. The predicted molar refractivity (Wildman–Crippen MR) is 91.2 cm³/mol. The van der Waals surface area contributed by atoms with Gasteiger partial charge in [-0.3, -0.25) is 14.6 Å². The van der Waals surface area contributed by atoms with Crippen molar-refractivity contribution in [2.24, 2.45) is 4.99 Å². The molecule has 0 aliphatic carbocycles. The van der Waals surface area contributed by atoms with E-state index in [-0.39, 0.29) is 11.4 Å². The van der Waals surface area contributed by atoms with Gasteiger partial charge in [0, 0.05) is 31.8 Å². The highest BCUT2D eigenvalue weighted by molar-refractivity contribution is 6.45. The first-order valence-corrected chi connectivity index (χ1v) is 7.87. The minimum Gasteiger partial charge on any atom is -0.345 e. The number of aliphatic imine (C=N–C) groups is 1. The van der Waals surface area contributed by atoms with E-state index in [1.165, 1.54) is 16.0 Å². The van der Waals surface area contributed by atoms with Crippen LogP contribution in [0.4, 0.5) is 0 Å². The van der Waals surface area contributed by atoms with E-state index in [0.29, 0.717) is 18.7 Å². The Kier molecular flexibility index (Phi) is 6.02. The van der Waals surface area contributed by atoms with Gasteiger partial charge in [0.1, 0.15) is 11.4 Å². The fourth-order valence-corrected chi connectivity index (χ4v) is 2.20. The number of hydrazine groups is 1. The van der Waals surface area contributed by atoms with Crippen LogP contribution < -0.4 is 5.59 Å². The summed E-state index contributed by atoms with van der Waals surface area (Å²) in [5.74, 6) is -1.65. The Morgan fingerprint density at radius 1 is 1.24 bits per heavy atom. The molecular formula is C17H20N4O4. The van der Waals surface area contributed by atoms with Crippen LogP contribution in [0.2, 0.25) is 0 Å². The average Bonchev–Trinajstić information content (AvgIpc) is 2.94. The second-order valence-electron chi connectivity index (χ2n) is 5.22. The lowest BCUT2D eigenvalue weighted by Crippen LogP contribution is -2.36. The molecule has 0 bridgehead atoms. The maximum absolute atomic E-state index is 12.7. The second-order valence-corrected chi connectivity index (χ2v) is 5.22. The van der Waals surface area contributed by atoms with Crippen molar-refractivity contribution in [3.63, 3.8) is 0 Å². The molecule has 0 spiro atoms. The summed E-state index contributed by atoms with van der Waals surface area (Å²) in [6, 6.07) is 8.41. The zero-order valence-electron chi connectivity index (χ0n) is 14.4. The molecule has 0 atom stereocenters. The number of hydrogen-bond donors (Lipinski definition) is 1. The lowest BCUT2D eigenvalue weighted by molar-refractivity contribution is -0.142. The van der Waals surface area contributed by atoms with Crippen molar-refractivity contribution in [2.45, 2.75) is 13.8 Å². The molecule has 1 aliphatic heterocycles. The Morgan fingerprint density at radius 2 is 1.88 bits per heavy atom. The van der Waals surface area contributed by atoms with E-state index < -0.39 is 17.8 Å². The Morgan fingerprint density at radius 3 is 2.40 bits per heavy atom. The third-order valence-electron chi connectivity index (χ3n) is 3.63. The quantitative estimate of drug-likeness (QED) is 0.631. The molecule has 8 heteroatoms. The highest BCUT2D eigenvalue weighted by atomic mass is 16.7. The number of carbonyl (C=O) groups is 3. The van der Waals surface area contributed by atoms with E-state index in [9.17, 15) is 14.4 Å². The van der Waals surface area contributed by atoms with Crippen LogP contribution in [-0.4, -0.2) is 53.5 Å². The van der Waals surface area contributed by atoms with Gasteiger partial charge in [-0.15, -0.1) is 0 Å². The molecule has 132 valence electrons. The van der Waals surface area contributed by atoms with Gasteiger partial charge in [-0.25, -0.2) is 9.79 Å². The molecule has 0 radical (unpaired) electrons. The third kappa shape index (κ3) is 4.30. The van der Waals surface area contributed by atoms with Crippen molar-refractivity contribution >= 4 is 23.5 Å². The monoisotopic (exact) mass is 344 g/mol. The van der Waals surface area contributed by atoms with Crippen molar-refractivity contribution < 1.29 is 19.2 Å². The lowest BCUT2D eigenvalue weighted by Gasteiger charge is -2.18. The van der Waals surface area contributed by atoms with Crippen LogP contribution in [-0.2, 0) is 14.4 Å². The standard InChI is InChI=1S/C17H20N4O4/c1-4-21(5-2)16(23)13(11-14-17(24)25-19-20(14)3)18-15(22)12-9-7-6-8-10-12/h6-11,19H,4-5H2,1-3H3/b14-11-,18-13?. The summed E-state index contributed by atoms with van der Waals surface area (Å²) < 4.78 is 0. The molecule has 1 aromatic carbocycles. The van der Waals surface area contributed by atoms with Crippen molar-refractivity contribution in [3.8, 4) is 0 Å². The number of nitrogens with zero attached hydrogens (tertiary/aromatic N) is 3. The van der Waals surface area contributed by atoms with Crippen molar-refractivity contribution in [1.29, 1.82) is 0 Å². The fourth-order valence-electron chi connectivity index (χ4n) is 2.20. The number of rotatable bonds is 5. The topological polar surface area (TPSA) is 91.3 Å². The smallest absolute Gasteiger partial charge is 0.345 e. The minimum absolute atomic E-state index is 0.0834. The summed E-state index contributed by atoms with van der Waals surface area (Å²) in [6.45, 7) is 4.55. The molecule has 25 heavy (non-hydrogen) atoms. The van der Waals surface area contributed by atoms with Gasteiger partial charge in [0.05, 0.1) is 0 Å². The summed E-state index contributed by atoms with van der Waals surface area (Å²) in [5, 5.41) is 1.31. The van der Waals surface area contributed by atoms with Crippen LogP contribution in [0.5, 0.6) is 0 Å². The fraction of sp³-hybridized carbons (Fsp3) is 0.294. The first kappa shape index (κ1) is 18.3. The minimum atomic E-state index is -0.658. The van der Waals surface area contributed by atoms with Crippen LogP contribution in [0.1, 0.15) is 24.2 Å². The summed E-state index contributed by atoms with van der Waals surface area (Å²) in [7, 11) is 1.55. The summed E-state index contributed by atoms with van der Waals surface area (Å²) >= 11 is 0. The second kappa shape index (κ2) is 8.20. The maximum atomic E-state index is 12.7. The molecule has 0 saturated carbocycles. The Hall–Kier alpha value is -3.00. The van der Waals surface area contributed by atoms with Gasteiger partial charge in [-0.05, 0) is 26.0 Å². The molecule has 1 aliphatic rings. The molecule has 2 rings (SSSR count). The number of nitrogens with one attached hydrogen (secondary N) is 1. The molecular weight excluding hydrogens is 324 g/mol.